The van der Waals surface area contributed by atoms with Gasteiger partial charge in [-0.1, -0.05) is 6.07 Å². The van der Waals surface area contributed by atoms with Crippen LogP contribution in [0.4, 0.5) is 5.82 Å². The van der Waals surface area contributed by atoms with Gasteiger partial charge in [-0.05, 0) is 22.4 Å². The van der Waals surface area contributed by atoms with Gasteiger partial charge >= 0.3 is 0 Å². The molecule has 0 unspecified atom stereocenters. The van der Waals surface area contributed by atoms with Crippen LogP contribution < -0.4 is 16.4 Å². The number of carbonyl (C=O) groups is 1. The second-order valence-electron chi connectivity index (χ2n) is 3.75. The van der Waals surface area contributed by atoms with Gasteiger partial charge in [0.25, 0.3) is 5.91 Å². The number of aromatic nitrogens is 3. The molecule has 0 aromatic carbocycles. The number of hydrogen-bond acceptors (Lipinski definition) is 7. The fourth-order valence-electron chi connectivity index (χ4n) is 1.42. The first-order valence-corrected chi connectivity index (χ1v) is 5.74. The lowest BCUT2D eigenvalue weighted by Crippen LogP contribution is -2.32. The molecule has 0 aliphatic heterocycles. The monoisotopic (exact) mass is 262 g/mol. The highest BCUT2D eigenvalue weighted by atomic mass is 16.6. The van der Waals surface area contributed by atoms with Gasteiger partial charge in [0.05, 0.1) is 5.69 Å². The van der Waals surface area contributed by atoms with Gasteiger partial charge in [-0.25, -0.2) is 4.63 Å². The van der Waals surface area contributed by atoms with Crippen molar-refractivity contribution in [2.75, 3.05) is 18.8 Å². The normalized spacial score (nSPS) is 10.3. The van der Waals surface area contributed by atoms with E-state index in [1.807, 2.05) is 18.2 Å². The summed E-state index contributed by atoms with van der Waals surface area (Å²) in [6.45, 7) is 1.69. The van der Waals surface area contributed by atoms with Crippen molar-refractivity contribution in [1.29, 1.82) is 0 Å². The standard InChI is InChI=1S/C11H14N6O2/c12-10-9(16-19-17-10)11(18)15-6-5-13-7-8-3-1-2-4-14-8/h1-4,13H,5-7H2,(H2,12,17)(H,15,18). The van der Waals surface area contributed by atoms with Gasteiger partial charge in [-0.15, -0.1) is 0 Å². The molecule has 0 aliphatic carbocycles. The first kappa shape index (κ1) is 13.0. The Hall–Kier alpha value is -2.48. The molecule has 4 N–H and O–H groups in total. The molecule has 8 heteroatoms. The Balaban J connectivity index is 1.65. The number of hydrogen-bond donors (Lipinski definition) is 3. The van der Waals surface area contributed by atoms with Crippen molar-refractivity contribution in [3.8, 4) is 0 Å². The molecule has 2 aromatic heterocycles. The molecule has 0 atom stereocenters. The third kappa shape index (κ3) is 3.75. The molecule has 19 heavy (non-hydrogen) atoms. The van der Waals surface area contributed by atoms with Gasteiger partial charge in [0.15, 0.2) is 0 Å². The molecule has 0 bridgehead atoms. The highest BCUT2D eigenvalue weighted by Crippen LogP contribution is 2.02. The zero-order valence-electron chi connectivity index (χ0n) is 10.2. The third-order valence-corrected chi connectivity index (χ3v) is 2.35. The molecule has 2 rings (SSSR count). The van der Waals surface area contributed by atoms with Gasteiger partial charge in [0, 0.05) is 25.8 Å². The maximum atomic E-state index is 11.6. The van der Waals surface area contributed by atoms with Crippen molar-refractivity contribution in [3.05, 3.63) is 35.8 Å². The van der Waals surface area contributed by atoms with Crippen molar-refractivity contribution in [1.82, 2.24) is 25.9 Å². The van der Waals surface area contributed by atoms with Gasteiger partial charge in [0.2, 0.25) is 11.5 Å². The average Bonchev–Trinajstić information content (AvgIpc) is 2.86. The van der Waals surface area contributed by atoms with E-state index in [0.717, 1.165) is 5.69 Å². The van der Waals surface area contributed by atoms with Crippen LogP contribution in [0.3, 0.4) is 0 Å². The van der Waals surface area contributed by atoms with Crippen LogP contribution in [0.15, 0.2) is 29.0 Å². The lowest BCUT2D eigenvalue weighted by atomic mass is 10.3. The molecule has 0 saturated heterocycles. The number of pyridine rings is 1. The largest absolute Gasteiger partial charge is 0.379 e. The number of carbonyl (C=O) groups excluding carboxylic acids is 1. The molecule has 100 valence electrons. The number of nitrogens with one attached hydrogen (secondary N) is 2. The van der Waals surface area contributed by atoms with Gasteiger partial charge in [-0.2, -0.15) is 0 Å². The summed E-state index contributed by atoms with van der Waals surface area (Å²) in [5.41, 5.74) is 6.34. The van der Waals surface area contributed by atoms with Crippen LogP contribution in [0.25, 0.3) is 0 Å². The summed E-state index contributed by atoms with van der Waals surface area (Å²) < 4.78 is 4.34. The third-order valence-electron chi connectivity index (χ3n) is 2.35. The Bertz CT molecular complexity index is 527. The van der Waals surface area contributed by atoms with Crippen molar-refractivity contribution >= 4 is 11.7 Å². The lowest BCUT2D eigenvalue weighted by molar-refractivity contribution is 0.0944. The first-order valence-electron chi connectivity index (χ1n) is 5.74. The molecule has 2 heterocycles. The maximum Gasteiger partial charge on any atom is 0.277 e. The first-order chi connectivity index (χ1) is 9.27. The fraction of sp³-hybridized carbons (Fsp3) is 0.273. The second kappa shape index (κ2) is 6.45. The number of anilines is 1. The van der Waals surface area contributed by atoms with E-state index in [1.165, 1.54) is 0 Å². The summed E-state index contributed by atoms with van der Waals surface area (Å²) in [5.74, 6) is -0.419. The number of rotatable bonds is 6. The van der Waals surface area contributed by atoms with E-state index in [4.69, 9.17) is 5.73 Å². The minimum absolute atomic E-state index is 0.00438. The topological polar surface area (TPSA) is 119 Å². The summed E-state index contributed by atoms with van der Waals surface area (Å²) in [7, 11) is 0. The summed E-state index contributed by atoms with van der Waals surface area (Å²) in [6.07, 6.45) is 1.74. The Morgan fingerprint density at radius 1 is 1.32 bits per heavy atom. The van der Waals surface area contributed by atoms with E-state index in [0.29, 0.717) is 19.6 Å². The molecular weight excluding hydrogens is 248 g/mol. The van der Waals surface area contributed by atoms with Crippen LogP contribution in [0, 0.1) is 0 Å². The highest BCUT2D eigenvalue weighted by Gasteiger charge is 2.14. The molecule has 0 radical (unpaired) electrons. The van der Waals surface area contributed by atoms with Crippen LogP contribution >= 0.6 is 0 Å². The number of nitrogens with two attached hydrogens (primary N) is 1. The molecule has 0 spiro atoms. The predicted molar refractivity (Wildman–Crippen MR) is 67.0 cm³/mol. The van der Waals surface area contributed by atoms with Crippen molar-refractivity contribution in [3.63, 3.8) is 0 Å². The van der Waals surface area contributed by atoms with E-state index in [2.05, 4.69) is 30.6 Å². The van der Waals surface area contributed by atoms with Crippen LogP contribution in [0.1, 0.15) is 16.2 Å². The van der Waals surface area contributed by atoms with Crippen LogP contribution in [0.5, 0.6) is 0 Å². The zero-order valence-corrected chi connectivity index (χ0v) is 10.2. The number of nitrogens with zero attached hydrogens (tertiary/aromatic N) is 3. The fourth-order valence-corrected chi connectivity index (χ4v) is 1.42. The summed E-state index contributed by atoms with van der Waals surface area (Å²) >= 11 is 0. The van der Waals surface area contributed by atoms with Crippen molar-refractivity contribution in [2.24, 2.45) is 0 Å². The molecule has 0 fully saturated rings. The highest BCUT2D eigenvalue weighted by molar-refractivity contribution is 5.95. The molecular formula is C11H14N6O2. The van der Waals surface area contributed by atoms with Crippen LogP contribution in [-0.2, 0) is 6.54 Å². The number of nitrogen functional groups attached to an aromatic ring is 1. The molecule has 0 saturated carbocycles. The quantitative estimate of drug-likeness (QED) is 0.604. The van der Waals surface area contributed by atoms with E-state index >= 15 is 0 Å². The van der Waals surface area contributed by atoms with Gasteiger partial charge < -0.3 is 16.4 Å². The zero-order chi connectivity index (χ0) is 13.5. The van der Waals surface area contributed by atoms with Crippen LogP contribution in [0.2, 0.25) is 0 Å². The average molecular weight is 262 g/mol. The summed E-state index contributed by atoms with van der Waals surface area (Å²) in [6, 6.07) is 5.71. The Labute approximate surface area is 109 Å². The Morgan fingerprint density at radius 3 is 2.89 bits per heavy atom. The minimum atomic E-state index is -0.404. The Kier molecular flexibility index (Phi) is 4.40. The lowest BCUT2D eigenvalue weighted by Gasteiger charge is -2.05. The van der Waals surface area contributed by atoms with Gasteiger partial charge in [0.1, 0.15) is 0 Å². The van der Waals surface area contributed by atoms with E-state index in [-0.39, 0.29) is 11.5 Å². The summed E-state index contributed by atoms with van der Waals surface area (Å²) in [4.78, 5) is 15.7. The predicted octanol–water partition coefficient (Wildman–Crippen LogP) is -0.434. The molecule has 0 aliphatic rings. The van der Waals surface area contributed by atoms with E-state index < -0.39 is 5.91 Å². The van der Waals surface area contributed by atoms with Crippen molar-refractivity contribution < 1.29 is 9.42 Å². The second-order valence-corrected chi connectivity index (χ2v) is 3.75. The smallest absolute Gasteiger partial charge is 0.277 e. The maximum absolute atomic E-state index is 11.6. The SMILES string of the molecule is Nc1nonc1C(=O)NCCNCc1ccccn1. The molecule has 8 nitrogen and oxygen atoms in total. The molecule has 1 amide bonds. The van der Waals surface area contributed by atoms with E-state index in [9.17, 15) is 4.79 Å². The van der Waals surface area contributed by atoms with Crippen LogP contribution in [-0.4, -0.2) is 34.3 Å². The summed E-state index contributed by atoms with van der Waals surface area (Å²) in [5, 5.41) is 12.5. The number of amides is 1. The van der Waals surface area contributed by atoms with Gasteiger partial charge in [-0.3, -0.25) is 9.78 Å². The van der Waals surface area contributed by atoms with Crippen molar-refractivity contribution in [2.45, 2.75) is 6.54 Å². The van der Waals surface area contributed by atoms with E-state index in [1.54, 1.807) is 6.20 Å². The minimum Gasteiger partial charge on any atom is -0.379 e. The Morgan fingerprint density at radius 2 is 2.21 bits per heavy atom. The molecule has 2 aromatic rings.